The van der Waals surface area contributed by atoms with Crippen LogP contribution in [0.3, 0.4) is 0 Å². The average Bonchev–Trinajstić information content (AvgIpc) is 2.74. The second-order valence-corrected chi connectivity index (χ2v) is 6.02. The molecular formula is C15H27NO. The van der Waals surface area contributed by atoms with Crippen molar-refractivity contribution in [2.45, 2.75) is 59.4 Å². The topological polar surface area (TPSA) is 25.2 Å². The third-order valence-electron chi connectivity index (χ3n) is 3.01. The van der Waals surface area contributed by atoms with Crippen molar-refractivity contribution in [1.82, 2.24) is 5.32 Å². The van der Waals surface area contributed by atoms with Crippen LogP contribution >= 0.6 is 0 Å². The molecule has 1 N–H and O–H groups in total. The fourth-order valence-corrected chi connectivity index (χ4v) is 2.01. The largest absolute Gasteiger partial charge is 0.472 e. The van der Waals surface area contributed by atoms with Crippen LogP contribution in [0, 0.1) is 5.41 Å². The Morgan fingerprint density at radius 1 is 1.35 bits per heavy atom. The molecule has 0 spiro atoms. The highest BCUT2D eigenvalue weighted by molar-refractivity contribution is 5.11. The van der Waals surface area contributed by atoms with Gasteiger partial charge in [-0.2, -0.15) is 0 Å². The summed E-state index contributed by atoms with van der Waals surface area (Å²) < 4.78 is 5.18. The molecule has 0 aliphatic heterocycles. The van der Waals surface area contributed by atoms with Gasteiger partial charge in [-0.1, -0.05) is 34.1 Å². The first-order chi connectivity index (χ1) is 8.03. The molecule has 0 saturated heterocycles. The molecule has 1 unspecified atom stereocenters. The van der Waals surface area contributed by atoms with Gasteiger partial charge in [0.15, 0.2) is 0 Å². The summed E-state index contributed by atoms with van der Waals surface area (Å²) in [5.74, 6) is 0. The summed E-state index contributed by atoms with van der Waals surface area (Å²) in [6, 6.07) is 2.53. The molecule has 2 nitrogen and oxygen atoms in total. The van der Waals surface area contributed by atoms with Gasteiger partial charge in [-0.25, -0.2) is 0 Å². The van der Waals surface area contributed by atoms with Crippen molar-refractivity contribution < 1.29 is 4.42 Å². The Hall–Kier alpha value is -0.760. The third-order valence-corrected chi connectivity index (χ3v) is 3.01. The van der Waals surface area contributed by atoms with E-state index < -0.39 is 0 Å². The molecule has 1 heterocycles. The summed E-state index contributed by atoms with van der Waals surface area (Å²) in [7, 11) is 0. The lowest BCUT2D eigenvalue weighted by atomic mass is 9.88. The van der Waals surface area contributed by atoms with Crippen LogP contribution in [0.25, 0.3) is 0 Å². The van der Waals surface area contributed by atoms with Crippen molar-refractivity contribution in [1.29, 1.82) is 0 Å². The van der Waals surface area contributed by atoms with E-state index in [4.69, 9.17) is 4.42 Å². The smallest absolute Gasteiger partial charge is 0.0950 e. The number of rotatable bonds is 7. The Morgan fingerprint density at radius 3 is 2.65 bits per heavy atom. The molecule has 0 saturated carbocycles. The molecule has 1 aromatic rings. The molecule has 0 bridgehead atoms. The second kappa shape index (κ2) is 6.85. The Morgan fingerprint density at radius 2 is 2.12 bits per heavy atom. The van der Waals surface area contributed by atoms with Crippen molar-refractivity contribution in [3.63, 3.8) is 0 Å². The first-order valence-electron chi connectivity index (χ1n) is 6.78. The van der Waals surface area contributed by atoms with E-state index >= 15 is 0 Å². The van der Waals surface area contributed by atoms with Crippen molar-refractivity contribution in [3.8, 4) is 0 Å². The van der Waals surface area contributed by atoms with E-state index in [0.29, 0.717) is 11.5 Å². The molecule has 2 heteroatoms. The minimum Gasteiger partial charge on any atom is -0.472 e. The van der Waals surface area contributed by atoms with Gasteiger partial charge in [0.05, 0.1) is 12.5 Å². The van der Waals surface area contributed by atoms with Gasteiger partial charge in [-0.05, 0) is 37.3 Å². The molecule has 0 aromatic carbocycles. The summed E-state index contributed by atoms with van der Waals surface area (Å²) >= 11 is 0. The summed E-state index contributed by atoms with van der Waals surface area (Å²) in [6.45, 7) is 10.2. The predicted octanol–water partition coefficient (Wildman–Crippen LogP) is 4.54. The highest BCUT2D eigenvalue weighted by atomic mass is 16.3. The number of nitrogens with one attached hydrogen (secondary N) is 1. The quantitative estimate of drug-likeness (QED) is 0.753. The number of hydrogen-bond acceptors (Lipinski definition) is 2. The number of hydrogen-bond donors (Lipinski definition) is 1. The van der Waals surface area contributed by atoms with Crippen LogP contribution in [0.2, 0.25) is 0 Å². The standard InChI is InChI=1S/C15H27NO/c1-5-10-16-14(13-8-11-17-12-13)7-6-9-15(2,3)4/h8,11-12,14,16H,5-7,9-10H2,1-4H3. The maximum atomic E-state index is 5.18. The first kappa shape index (κ1) is 14.3. The SMILES string of the molecule is CCCNC(CCCC(C)(C)C)c1ccoc1. The summed E-state index contributed by atoms with van der Waals surface area (Å²) in [5.41, 5.74) is 1.72. The van der Waals surface area contributed by atoms with Crippen molar-refractivity contribution in [3.05, 3.63) is 24.2 Å². The normalized spacial score (nSPS) is 13.9. The zero-order chi connectivity index (χ0) is 12.7. The molecular weight excluding hydrogens is 210 g/mol. The maximum absolute atomic E-state index is 5.18. The minimum atomic E-state index is 0.436. The van der Waals surface area contributed by atoms with Gasteiger partial charge in [0.25, 0.3) is 0 Å². The molecule has 0 amide bonds. The lowest BCUT2D eigenvalue weighted by Gasteiger charge is -2.21. The predicted molar refractivity (Wildman–Crippen MR) is 73.0 cm³/mol. The van der Waals surface area contributed by atoms with Crippen LogP contribution < -0.4 is 5.32 Å². The van der Waals surface area contributed by atoms with E-state index in [1.54, 1.807) is 6.26 Å². The number of furan rings is 1. The summed E-state index contributed by atoms with van der Waals surface area (Å²) in [4.78, 5) is 0. The molecule has 0 aliphatic rings. The van der Waals surface area contributed by atoms with Gasteiger partial charge in [-0.15, -0.1) is 0 Å². The molecule has 1 rings (SSSR count). The lowest BCUT2D eigenvalue weighted by molar-refractivity contribution is 0.343. The third kappa shape index (κ3) is 5.92. The van der Waals surface area contributed by atoms with E-state index in [2.05, 4.69) is 39.1 Å². The summed E-state index contributed by atoms with van der Waals surface area (Å²) in [5, 5.41) is 3.60. The molecule has 17 heavy (non-hydrogen) atoms. The highest BCUT2D eigenvalue weighted by Gasteiger charge is 2.14. The zero-order valence-corrected chi connectivity index (χ0v) is 11.8. The van der Waals surface area contributed by atoms with Crippen LogP contribution in [0.4, 0.5) is 0 Å². The molecule has 0 radical (unpaired) electrons. The van der Waals surface area contributed by atoms with Crippen LogP contribution in [-0.4, -0.2) is 6.54 Å². The van der Waals surface area contributed by atoms with E-state index in [1.165, 1.54) is 31.2 Å². The Balaban J connectivity index is 2.42. The van der Waals surface area contributed by atoms with Crippen LogP contribution in [-0.2, 0) is 0 Å². The van der Waals surface area contributed by atoms with Crippen LogP contribution in [0.1, 0.15) is 65.0 Å². The fourth-order valence-electron chi connectivity index (χ4n) is 2.01. The fraction of sp³-hybridized carbons (Fsp3) is 0.733. The van der Waals surface area contributed by atoms with Crippen molar-refractivity contribution in [2.24, 2.45) is 5.41 Å². The van der Waals surface area contributed by atoms with E-state index in [9.17, 15) is 0 Å². The van der Waals surface area contributed by atoms with Gasteiger partial charge in [-0.3, -0.25) is 0 Å². The molecule has 1 aromatic heterocycles. The van der Waals surface area contributed by atoms with E-state index in [-0.39, 0.29) is 0 Å². The Kier molecular flexibility index (Phi) is 5.76. The van der Waals surface area contributed by atoms with Gasteiger partial charge in [0, 0.05) is 11.6 Å². The van der Waals surface area contributed by atoms with Crippen molar-refractivity contribution in [2.75, 3.05) is 6.54 Å². The van der Waals surface area contributed by atoms with E-state index in [0.717, 1.165) is 6.54 Å². The van der Waals surface area contributed by atoms with Crippen LogP contribution in [0.15, 0.2) is 23.0 Å². The van der Waals surface area contributed by atoms with Gasteiger partial charge < -0.3 is 9.73 Å². The lowest BCUT2D eigenvalue weighted by Crippen LogP contribution is -2.22. The first-order valence-corrected chi connectivity index (χ1v) is 6.78. The molecule has 1 atom stereocenters. The van der Waals surface area contributed by atoms with Crippen LogP contribution in [0.5, 0.6) is 0 Å². The van der Waals surface area contributed by atoms with Gasteiger partial charge >= 0.3 is 0 Å². The average molecular weight is 237 g/mol. The van der Waals surface area contributed by atoms with E-state index in [1.807, 2.05) is 6.26 Å². The Labute approximate surface area is 106 Å². The van der Waals surface area contributed by atoms with Gasteiger partial charge in [0.1, 0.15) is 0 Å². The summed E-state index contributed by atoms with van der Waals surface area (Å²) in [6.07, 6.45) is 8.53. The molecule has 0 fully saturated rings. The highest BCUT2D eigenvalue weighted by Crippen LogP contribution is 2.26. The molecule has 98 valence electrons. The minimum absolute atomic E-state index is 0.436. The molecule has 0 aliphatic carbocycles. The second-order valence-electron chi connectivity index (χ2n) is 6.02. The maximum Gasteiger partial charge on any atom is 0.0950 e. The monoisotopic (exact) mass is 237 g/mol. The Bertz CT molecular complexity index is 284. The zero-order valence-electron chi connectivity index (χ0n) is 11.8. The van der Waals surface area contributed by atoms with Gasteiger partial charge in [0.2, 0.25) is 0 Å². The van der Waals surface area contributed by atoms with Crippen molar-refractivity contribution >= 4 is 0 Å².